The molecule has 0 bridgehead atoms. The van der Waals surface area contributed by atoms with Crippen LogP contribution in [0.4, 0.5) is 11.4 Å². The SMILES string of the molecule is O=C(Nc1ccc(N2CCCC2)cc1)c1cc2ccc(Cl)cc2[nH]1. The quantitative estimate of drug-likeness (QED) is 0.728. The normalized spacial score (nSPS) is 14.3. The summed E-state index contributed by atoms with van der Waals surface area (Å²) in [6.07, 6.45) is 2.51. The van der Waals surface area contributed by atoms with E-state index >= 15 is 0 Å². The van der Waals surface area contributed by atoms with Crippen molar-refractivity contribution in [3.8, 4) is 0 Å². The van der Waals surface area contributed by atoms with Gasteiger partial charge in [-0.25, -0.2) is 0 Å². The number of benzene rings is 2. The van der Waals surface area contributed by atoms with Crippen LogP contribution in [0.15, 0.2) is 48.5 Å². The number of hydrogen-bond acceptors (Lipinski definition) is 2. The first-order valence-corrected chi connectivity index (χ1v) is 8.51. The molecule has 2 aromatic carbocycles. The van der Waals surface area contributed by atoms with Gasteiger partial charge in [0, 0.05) is 40.4 Å². The van der Waals surface area contributed by atoms with E-state index in [1.54, 1.807) is 0 Å². The average Bonchev–Trinajstić information content (AvgIpc) is 3.24. The number of amides is 1. The standard InChI is InChI=1S/C19H18ClN3O/c20-14-4-3-13-11-18(22-17(13)12-14)19(24)21-15-5-7-16(8-6-15)23-9-1-2-10-23/h3-8,11-12,22H,1-2,9-10H2,(H,21,24). The molecule has 3 aromatic rings. The van der Waals surface area contributed by atoms with Gasteiger partial charge in [-0.05, 0) is 55.3 Å². The minimum atomic E-state index is -0.156. The Hall–Kier alpha value is -2.46. The second kappa shape index (κ2) is 6.21. The van der Waals surface area contributed by atoms with Crippen molar-refractivity contribution in [2.75, 3.05) is 23.3 Å². The van der Waals surface area contributed by atoms with Gasteiger partial charge in [0.05, 0.1) is 0 Å². The molecule has 1 fully saturated rings. The Balaban J connectivity index is 1.50. The van der Waals surface area contributed by atoms with Crippen LogP contribution in [0.25, 0.3) is 10.9 Å². The van der Waals surface area contributed by atoms with Gasteiger partial charge in [0.1, 0.15) is 5.69 Å². The van der Waals surface area contributed by atoms with Crippen molar-refractivity contribution < 1.29 is 4.79 Å². The summed E-state index contributed by atoms with van der Waals surface area (Å²) in [5.74, 6) is -0.156. The molecular weight excluding hydrogens is 322 g/mol. The number of halogens is 1. The van der Waals surface area contributed by atoms with E-state index in [4.69, 9.17) is 11.6 Å². The van der Waals surface area contributed by atoms with Crippen molar-refractivity contribution in [2.24, 2.45) is 0 Å². The summed E-state index contributed by atoms with van der Waals surface area (Å²) in [4.78, 5) is 17.9. The highest BCUT2D eigenvalue weighted by atomic mass is 35.5. The molecule has 0 unspecified atom stereocenters. The largest absolute Gasteiger partial charge is 0.372 e. The Bertz CT molecular complexity index is 879. The number of carbonyl (C=O) groups excluding carboxylic acids is 1. The molecular formula is C19H18ClN3O. The van der Waals surface area contributed by atoms with Crippen LogP contribution in [0, 0.1) is 0 Å². The molecule has 2 N–H and O–H groups in total. The summed E-state index contributed by atoms with van der Waals surface area (Å²) < 4.78 is 0. The Labute approximate surface area is 145 Å². The van der Waals surface area contributed by atoms with E-state index in [2.05, 4.69) is 27.3 Å². The zero-order chi connectivity index (χ0) is 16.5. The molecule has 0 saturated carbocycles. The fraction of sp³-hybridized carbons (Fsp3) is 0.211. The number of aromatic nitrogens is 1. The molecule has 5 heteroatoms. The predicted octanol–water partition coefficient (Wildman–Crippen LogP) is 4.67. The van der Waals surface area contributed by atoms with Crippen LogP contribution in [-0.2, 0) is 0 Å². The molecule has 24 heavy (non-hydrogen) atoms. The number of hydrogen-bond donors (Lipinski definition) is 2. The van der Waals surface area contributed by atoms with Gasteiger partial charge >= 0.3 is 0 Å². The van der Waals surface area contributed by atoms with E-state index in [0.29, 0.717) is 10.7 Å². The molecule has 1 aliphatic heterocycles. The topological polar surface area (TPSA) is 48.1 Å². The lowest BCUT2D eigenvalue weighted by Crippen LogP contribution is -2.17. The summed E-state index contributed by atoms with van der Waals surface area (Å²) >= 11 is 5.98. The summed E-state index contributed by atoms with van der Waals surface area (Å²) in [5.41, 5.74) is 3.39. The second-order valence-corrected chi connectivity index (χ2v) is 6.55. The van der Waals surface area contributed by atoms with Gasteiger partial charge in [-0.3, -0.25) is 4.79 Å². The molecule has 4 rings (SSSR count). The maximum absolute atomic E-state index is 12.4. The van der Waals surface area contributed by atoms with E-state index in [0.717, 1.165) is 29.7 Å². The van der Waals surface area contributed by atoms with Crippen LogP contribution in [0.2, 0.25) is 5.02 Å². The lowest BCUT2D eigenvalue weighted by Gasteiger charge is -2.17. The van der Waals surface area contributed by atoms with Crippen LogP contribution in [0.1, 0.15) is 23.3 Å². The molecule has 0 aliphatic carbocycles. The maximum atomic E-state index is 12.4. The van der Waals surface area contributed by atoms with Crippen LogP contribution in [0.5, 0.6) is 0 Å². The molecule has 1 saturated heterocycles. The van der Waals surface area contributed by atoms with Gasteiger partial charge in [-0.1, -0.05) is 17.7 Å². The molecule has 0 atom stereocenters. The number of nitrogens with zero attached hydrogens (tertiary/aromatic N) is 1. The van der Waals surface area contributed by atoms with Crippen LogP contribution < -0.4 is 10.2 Å². The van der Waals surface area contributed by atoms with Gasteiger partial charge < -0.3 is 15.2 Å². The highest BCUT2D eigenvalue weighted by molar-refractivity contribution is 6.31. The Morgan fingerprint density at radius 1 is 1.04 bits per heavy atom. The molecule has 0 spiro atoms. The highest BCUT2D eigenvalue weighted by Crippen LogP contribution is 2.23. The Kier molecular flexibility index (Phi) is 3.90. The van der Waals surface area contributed by atoms with Crippen LogP contribution >= 0.6 is 11.6 Å². The van der Waals surface area contributed by atoms with Gasteiger partial charge in [-0.2, -0.15) is 0 Å². The van der Waals surface area contributed by atoms with Crippen molar-refractivity contribution in [3.63, 3.8) is 0 Å². The van der Waals surface area contributed by atoms with E-state index in [9.17, 15) is 4.79 Å². The maximum Gasteiger partial charge on any atom is 0.272 e. The van der Waals surface area contributed by atoms with Crippen molar-refractivity contribution in [1.82, 2.24) is 4.98 Å². The summed E-state index contributed by atoms with van der Waals surface area (Å²) in [7, 11) is 0. The summed E-state index contributed by atoms with van der Waals surface area (Å²) in [6.45, 7) is 2.23. The summed E-state index contributed by atoms with van der Waals surface area (Å²) in [6, 6.07) is 15.4. The van der Waals surface area contributed by atoms with Crippen molar-refractivity contribution in [1.29, 1.82) is 0 Å². The zero-order valence-corrected chi connectivity index (χ0v) is 13.9. The number of fused-ring (bicyclic) bond motifs is 1. The molecule has 1 amide bonds. The molecule has 0 radical (unpaired) electrons. The minimum Gasteiger partial charge on any atom is -0.372 e. The first-order valence-electron chi connectivity index (χ1n) is 8.14. The third kappa shape index (κ3) is 2.97. The lowest BCUT2D eigenvalue weighted by molar-refractivity contribution is 0.102. The smallest absolute Gasteiger partial charge is 0.272 e. The molecule has 122 valence electrons. The predicted molar refractivity (Wildman–Crippen MR) is 99.2 cm³/mol. The average molecular weight is 340 g/mol. The molecule has 1 aromatic heterocycles. The van der Waals surface area contributed by atoms with Gasteiger partial charge in [0.15, 0.2) is 0 Å². The molecule has 2 heterocycles. The van der Waals surface area contributed by atoms with Crippen LogP contribution in [-0.4, -0.2) is 24.0 Å². The number of H-pyrrole nitrogens is 1. The molecule has 1 aliphatic rings. The fourth-order valence-electron chi connectivity index (χ4n) is 3.15. The minimum absolute atomic E-state index is 0.156. The van der Waals surface area contributed by atoms with Crippen LogP contribution in [0.3, 0.4) is 0 Å². The van der Waals surface area contributed by atoms with E-state index in [-0.39, 0.29) is 5.91 Å². The summed E-state index contributed by atoms with van der Waals surface area (Å²) in [5, 5.41) is 4.54. The number of carbonyl (C=O) groups is 1. The van der Waals surface area contributed by atoms with E-state index < -0.39 is 0 Å². The van der Waals surface area contributed by atoms with Crippen molar-refractivity contribution in [2.45, 2.75) is 12.8 Å². The zero-order valence-electron chi connectivity index (χ0n) is 13.2. The number of anilines is 2. The van der Waals surface area contributed by atoms with Gasteiger partial charge in [-0.15, -0.1) is 0 Å². The highest BCUT2D eigenvalue weighted by Gasteiger charge is 2.13. The van der Waals surface area contributed by atoms with E-state index in [1.165, 1.54) is 18.5 Å². The lowest BCUT2D eigenvalue weighted by atomic mass is 10.2. The van der Waals surface area contributed by atoms with E-state index in [1.807, 2.05) is 36.4 Å². The van der Waals surface area contributed by atoms with Gasteiger partial charge in [0.25, 0.3) is 5.91 Å². The fourth-order valence-corrected chi connectivity index (χ4v) is 3.32. The third-order valence-electron chi connectivity index (χ3n) is 4.43. The Morgan fingerprint density at radius 2 is 1.79 bits per heavy atom. The monoisotopic (exact) mass is 339 g/mol. The first-order chi connectivity index (χ1) is 11.7. The number of nitrogens with one attached hydrogen (secondary N) is 2. The van der Waals surface area contributed by atoms with Crippen molar-refractivity contribution >= 4 is 39.8 Å². The van der Waals surface area contributed by atoms with Gasteiger partial charge in [0.2, 0.25) is 0 Å². The number of aromatic amines is 1. The second-order valence-electron chi connectivity index (χ2n) is 6.11. The third-order valence-corrected chi connectivity index (χ3v) is 4.66. The van der Waals surface area contributed by atoms with Crippen molar-refractivity contribution in [3.05, 3.63) is 59.2 Å². The number of rotatable bonds is 3. The first kappa shape index (κ1) is 15.1. The Morgan fingerprint density at radius 3 is 2.54 bits per heavy atom. The molecule has 4 nitrogen and oxygen atoms in total.